The summed E-state index contributed by atoms with van der Waals surface area (Å²) in [5.41, 5.74) is 0. The van der Waals surface area contributed by atoms with E-state index in [1.54, 1.807) is 0 Å². The number of aliphatic hydroxyl groups is 2. The van der Waals surface area contributed by atoms with Gasteiger partial charge in [0.2, 0.25) is 0 Å². The maximum Gasteiger partial charge on any atom is 0.380 e. The molecule has 0 aromatic carbocycles. The van der Waals surface area contributed by atoms with Crippen molar-refractivity contribution < 1.29 is 34.3 Å². The molecule has 1 atom stereocenters. The summed E-state index contributed by atoms with van der Waals surface area (Å²) in [6.45, 7) is -0.0569. The minimum absolute atomic E-state index is 0.203. The summed E-state index contributed by atoms with van der Waals surface area (Å²) < 4.78 is 4.60. The van der Waals surface area contributed by atoms with Gasteiger partial charge in [-0.3, -0.25) is 0 Å². The Morgan fingerprint density at radius 1 is 1.36 bits per heavy atom. The number of carbonyl (C=O) groups is 2. The van der Waals surface area contributed by atoms with Gasteiger partial charge in [0.25, 0.3) is 0 Å². The molecular formula is C7H12O7. The van der Waals surface area contributed by atoms with Crippen LogP contribution >= 0.6 is 0 Å². The number of hydrogen-bond acceptors (Lipinski definition) is 7. The van der Waals surface area contributed by atoms with Crippen molar-refractivity contribution in [2.45, 2.75) is 13.0 Å². The zero-order valence-corrected chi connectivity index (χ0v) is 7.63. The predicted molar refractivity (Wildman–Crippen MR) is 41.8 cm³/mol. The van der Waals surface area contributed by atoms with Gasteiger partial charge >= 0.3 is 11.9 Å². The maximum atomic E-state index is 10.6. The maximum absolute atomic E-state index is 10.6. The lowest BCUT2D eigenvalue weighted by atomic mass is 10.4. The molecule has 0 spiro atoms. The van der Waals surface area contributed by atoms with E-state index in [-0.39, 0.29) is 6.61 Å². The molecule has 14 heavy (non-hydrogen) atoms. The van der Waals surface area contributed by atoms with Gasteiger partial charge in [-0.15, -0.1) is 0 Å². The SMILES string of the molecule is CC(=O)OOC(=O)COCC(O)CO. The minimum atomic E-state index is -1.04. The molecule has 82 valence electrons. The van der Waals surface area contributed by atoms with E-state index < -0.39 is 31.3 Å². The Hall–Kier alpha value is -1.18. The summed E-state index contributed by atoms with van der Waals surface area (Å²) in [5.74, 6) is -1.65. The number of hydrogen-bond donors (Lipinski definition) is 2. The lowest BCUT2D eigenvalue weighted by Crippen LogP contribution is -2.23. The van der Waals surface area contributed by atoms with Crippen molar-refractivity contribution in [1.29, 1.82) is 0 Å². The normalized spacial score (nSPS) is 11.9. The molecule has 1 unspecified atom stereocenters. The Bertz CT molecular complexity index is 190. The molecule has 0 aliphatic rings. The fourth-order valence-electron chi connectivity index (χ4n) is 0.460. The Balaban J connectivity index is 3.40. The third-order valence-corrected chi connectivity index (χ3v) is 0.993. The second kappa shape index (κ2) is 7.25. The van der Waals surface area contributed by atoms with Crippen molar-refractivity contribution >= 4 is 11.9 Å². The van der Waals surface area contributed by atoms with Crippen molar-refractivity contribution in [1.82, 2.24) is 0 Å². The van der Waals surface area contributed by atoms with Crippen molar-refractivity contribution in [3.8, 4) is 0 Å². The van der Waals surface area contributed by atoms with Crippen LogP contribution in [0.3, 0.4) is 0 Å². The van der Waals surface area contributed by atoms with Gasteiger partial charge in [0.15, 0.2) is 0 Å². The molecule has 0 aliphatic carbocycles. The van der Waals surface area contributed by atoms with Crippen LogP contribution in [0.15, 0.2) is 0 Å². The van der Waals surface area contributed by atoms with Gasteiger partial charge in [0, 0.05) is 6.92 Å². The molecule has 0 radical (unpaired) electrons. The highest BCUT2D eigenvalue weighted by Crippen LogP contribution is 1.87. The summed E-state index contributed by atoms with van der Waals surface area (Å²) >= 11 is 0. The first-order valence-corrected chi connectivity index (χ1v) is 3.80. The average Bonchev–Trinajstić information content (AvgIpc) is 2.14. The lowest BCUT2D eigenvalue weighted by molar-refractivity contribution is -0.260. The summed E-state index contributed by atoms with van der Waals surface area (Å²) in [6, 6.07) is 0. The van der Waals surface area contributed by atoms with Crippen LogP contribution in [0.2, 0.25) is 0 Å². The van der Waals surface area contributed by atoms with E-state index in [9.17, 15) is 9.59 Å². The lowest BCUT2D eigenvalue weighted by Gasteiger charge is -2.06. The number of carbonyl (C=O) groups excluding carboxylic acids is 2. The molecular weight excluding hydrogens is 196 g/mol. The van der Waals surface area contributed by atoms with Crippen LogP contribution in [-0.4, -0.2) is 48.1 Å². The van der Waals surface area contributed by atoms with E-state index in [2.05, 4.69) is 14.5 Å². The first-order valence-electron chi connectivity index (χ1n) is 3.80. The Morgan fingerprint density at radius 2 is 2.00 bits per heavy atom. The number of ether oxygens (including phenoxy) is 1. The molecule has 0 saturated carbocycles. The zero-order valence-electron chi connectivity index (χ0n) is 7.63. The van der Waals surface area contributed by atoms with Crippen molar-refractivity contribution in [3.63, 3.8) is 0 Å². The van der Waals surface area contributed by atoms with Gasteiger partial charge in [-0.2, -0.15) is 0 Å². The first-order chi connectivity index (χ1) is 6.56. The standard InChI is InChI=1S/C7H12O7/c1-5(9)13-14-7(11)4-12-3-6(10)2-8/h6,8,10H,2-4H2,1H3. The first kappa shape index (κ1) is 12.8. The summed E-state index contributed by atoms with van der Waals surface area (Å²) in [4.78, 5) is 28.7. The van der Waals surface area contributed by atoms with E-state index in [1.165, 1.54) is 0 Å². The zero-order chi connectivity index (χ0) is 11.0. The van der Waals surface area contributed by atoms with E-state index in [4.69, 9.17) is 10.2 Å². The molecule has 7 nitrogen and oxygen atoms in total. The van der Waals surface area contributed by atoms with Gasteiger partial charge < -0.3 is 14.9 Å². The Kier molecular flexibility index (Phi) is 6.63. The largest absolute Gasteiger partial charge is 0.394 e. The summed E-state index contributed by atoms with van der Waals surface area (Å²) in [7, 11) is 0. The van der Waals surface area contributed by atoms with Crippen molar-refractivity contribution in [2.24, 2.45) is 0 Å². The van der Waals surface area contributed by atoms with Crippen LogP contribution < -0.4 is 0 Å². The second-order valence-electron chi connectivity index (χ2n) is 2.38. The summed E-state index contributed by atoms with van der Waals surface area (Å²) in [6.07, 6.45) is -1.04. The topological polar surface area (TPSA) is 102 Å². The van der Waals surface area contributed by atoms with Crippen LogP contribution in [0.1, 0.15) is 6.92 Å². The van der Waals surface area contributed by atoms with Crippen LogP contribution in [0.5, 0.6) is 0 Å². The molecule has 0 heterocycles. The molecule has 0 saturated heterocycles. The van der Waals surface area contributed by atoms with Gasteiger partial charge in [-0.05, 0) is 0 Å². The highest BCUT2D eigenvalue weighted by Gasteiger charge is 2.08. The van der Waals surface area contributed by atoms with Crippen molar-refractivity contribution in [2.75, 3.05) is 19.8 Å². The highest BCUT2D eigenvalue weighted by atomic mass is 17.2. The minimum Gasteiger partial charge on any atom is -0.394 e. The van der Waals surface area contributed by atoms with Gasteiger partial charge in [0.1, 0.15) is 12.7 Å². The molecule has 0 fully saturated rings. The molecule has 7 heteroatoms. The van der Waals surface area contributed by atoms with Crippen LogP contribution in [-0.2, 0) is 24.1 Å². The van der Waals surface area contributed by atoms with Gasteiger partial charge in [-0.1, -0.05) is 0 Å². The van der Waals surface area contributed by atoms with Gasteiger partial charge in [0.05, 0.1) is 13.2 Å². The Labute approximate surface area is 80.1 Å². The van der Waals surface area contributed by atoms with Gasteiger partial charge in [-0.25, -0.2) is 19.4 Å². The predicted octanol–water partition coefficient (Wildman–Crippen LogP) is -1.62. The summed E-state index contributed by atoms with van der Waals surface area (Å²) in [5, 5.41) is 17.1. The molecule has 0 aliphatic heterocycles. The molecule has 0 rings (SSSR count). The Morgan fingerprint density at radius 3 is 2.50 bits per heavy atom. The number of rotatable bonds is 5. The fraction of sp³-hybridized carbons (Fsp3) is 0.714. The molecule has 2 N–H and O–H groups in total. The monoisotopic (exact) mass is 208 g/mol. The smallest absolute Gasteiger partial charge is 0.380 e. The molecule has 0 aromatic rings. The van der Waals surface area contributed by atoms with E-state index in [1.807, 2.05) is 0 Å². The van der Waals surface area contributed by atoms with Crippen LogP contribution in [0.25, 0.3) is 0 Å². The third kappa shape index (κ3) is 7.47. The molecule has 0 amide bonds. The van der Waals surface area contributed by atoms with E-state index in [0.29, 0.717) is 0 Å². The van der Waals surface area contributed by atoms with E-state index >= 15 is 0 Å². The quantitative estimate of drug-likeness (QED) is 0.413. The third-order valence-electron chi connectivity index (χ3n) is 0.993. The number of aliphatic hydroxyl groups excluding tert-OH is 2. The fourth-order valence-corrected chi connectivity index (χ4v) is 0.460. The average molecular weight is 208 g/mol. The van der Waals surface area contributed by atoms with Crippen molar-refractivity contribution in [3.05, 3.63) is 0 Å². The van der Waals surface area contributed by atoms with E-state index in [0.717, 1.165) is 6.92 Å². The molecule has 0 bridgehead atoms. The van der Waals surface area contributed by atoms with Crippen LogP contribution in [0.4, 0.5) is 0 Å². The van der Waals surface area contributed by atoms with Crippen LogP contribution in [0, 0.1) is 0 Å². The highest BCUT2D eigenvalue weighted by molar-refractivity contribution is 5.72. The molecule has 0 aromatic heterocycles. The second-order valence-corrected chi connectivity index (χ2v) is 2.38.